The van der Waals surface area contributed by atoms with Gasteiger partial charge < -0.3 is 10.6 Å². The third-order valence-electron chi connectivity index (χ3n) is 3.28. The summed E-state index contributed by atoms with van der Waals surface area (Å²) in [6.07, 6.45) is 4.06. The van der Waals surface area contributed by atoms with E-state index >= 15 is 0 Å². The SMILES string of the molecule is Cc1ccc(CNCCC2CCNCC2)s1. The molecule has 1 aromatic rings. The first-order valence-corrected chi connectivity index (χ1v) is 7.13. The van der Waals surface area contributed by atoms with Gasteiger partial charge >= 0.3 is 0 Å². The number of rotatable bonds is 5. The summed E-state index contributed by atoms with van der Waals surface area (Å²) in [4.78, 5) is 2.87. The number of nitrogens with one attached hydrogen (secondary N) is 2. The highest BCUT2D eigenvalue weighted by Crippen LogP contribution is 2.16. The first-order chi connectivity index (χ1) is 7.84. The highest BCUT2D eigenvalue weighted by Gasteiger charge is 2.11. The minimum atomic E-state index is 0.943. The third kappa shape index (κ3) is 3.89. The first kappa shape index (κ1) is 12.1. The molecule has 0 aromatic carbocycles. The Morgan fingerprint density at radius 2 is 2.19 bits per heavy atom. The van der Waals surface area contributed by atoms with Crippen LogP contribution in [0.5, 0.6) is 0 Å². The fourth-order valence-electron chi connectivity index (χ4n) is 2.27. The number of thiophene rings is 1. The van der Waals surface area contributed by atoms with E-state index in [0.29, 0.717) is 0 Å². The van der Waals surface area contributed by atoms with Crippen LogP contribution in [0.4, 0.5) is 0 Å². The zero-order valence-electron chi connectivity index (χ0n) is 10.1. The molecule has 16 heavy (non-hydrogen) atoms. The van der Waals surface area contributed by atoms with E-state index in [1.807, 2.05) is 11.3 Å². The Hall–Kier alpha value is -0.380. The molecule has 2 N–H and O–H groups in total. The zero-order chi connectivity index (χ0) is 11.2. The molecule has 0 atom stereocenters. The van der Waals surface area contributed by atoms with Crippen molar-refractivity contribution in [3.05, 3.63) is 21.9 Å². The van der Waals surface area contributed by atoms with Crippen molar-refractivity contribution in [2.75, 3.05) is 19.6 Å². The number of aryl methyl sites for hydroxylation is 1. The maximum atomic E-state index is 3.55. The van der Waals surface area contributed by atoms with Crippen LogP contribution in [-0.4, -0.2) is 19.6 Å². The summed E-state index contributed by atoms with van der Waals surface area (Å²) in [7, 11) is 0. The molecular weight excluding hydrogens is 216 g/mol. The van der Waals surface area contributed by atoms with Gasteiger partial charge in [0.2, 0.25) is 0 Å². The van der Waals surface area contributed by atoms with Crippen molar-refractivity contribution in [2.45, 2.75) is 32.7 Å². The van der Waals surface area contributed by atoms with Gasteiger partial charge in [0.1, 0.15) is 0 Å². The van der Waals surface area contributed by atoms with Crippen molar-refractivity contribution >= 4 is 11.3 Å². The van der Waals surface area contributed by atoms with Gasteiger partial charge in [0, 0.05) is 16.3 Å². The largest absolute Gasteiger partial charge is 0.317 e. The standard InChI is InChI=1S/C13H22N2S/c1-11-2-3-13(16-11)10-15-9-6-12-4-7-14-8-5-12/h2-3,12,14-15H,4-10H2,1H3. The van der Waals surface area contributed by atoms with Crippen molar-refractivity contribution in [1.29, 1.82) is 0 Å². The number of piperidine rings is 1. The molecule has 0 saturated carbocycles. The predicted octanol–water partition coefficient (Wildman–Crippen LogP) is 2.54. The summed E-state index contributed by atoms with van der Waals surface area (Å²) >= 11 is 1.90. The summed E-state index contributed by atoms with van der Waals surface area (Å²) in [5.41, 5.74) is 0. The van der Waals surface area contributed by atoms with Gasteiger partial charge in [-0.25, -0.2) is 0 Å². The maximum absolute atomic E-state index is 3.55. The second kappa shape index (κ2) is 6.38. The van der Waals surface area contributed by atoms with E-state index in [9.17, 15) is 0 Å². The average molecular weight is 238 g/mol. The van der Waals surface area contributed by atoms with E-state index in [0.717, 1.165) is 12.5 Å². The Labute approximate surface area is 102 Å². The monoisotopic (exact) mass is 238 g/mol. The number of hydrogen-bond donors (Lipinski definition) is 2. The molecule has 90 valence electrons. The Kier molecular flexibility index (Phi) is 4.82. The molecule has 1 saturated heterocycles. The highest BCUT2D eigenvalue weighted by molar-refractivity contribution is 7.11. The molecule has 0 spiro atoms. The molecule has 2 rings (SSSR count). The van der Waals surface area contributed by atoms with Crippen LogP contribution >= 0.6 is 11.3 Å². The molecule has 1 aliphatic rings. The molecule has 0 bridgehead atoms. The second-order valence-corrected chi connectivity index (χ2v) is 6.04. The molecule has 0 amide bonds. The lowest BCUT2D eigenvalue weighted by atomic mass is 9.95. The van der Waals surface area contributed by atoms with Crippen LogP contribution in [0, 0.1) is 12.8 Å². The molecule has 0 aliphatic carbocycles. The molecule has 1 fully saturated rings. The van der Waals surface area contributed by atoms with Crippen LogP contribution in [0.15, 0.2) is 12.1 Å². The Balaban J connectivity index is 1.57. The van der Waals surface area contributed by atoms with Gasteiger partial charge in [0.15, 0.2) is 0 Å². The summed E-state index contributed by atoms with van der Waals surface area (Å²) in [6, 6.07) is 4.44. The molecule has 3 heteroatoms. The van der Waals surface area contributed by atoms with E-state index in [1.54, 1.807) is 0 Å². The van der Waals surface area contributed by atoms with Gasteiger partial charge in [0.05, 0.1) is 0 Å². The first-order valence-electron chi connectivity index (χ1n) is 6.31. The molecule has 1 aliphatic heterocycles. The minimum absolute atomic E-state index is 0.943. The summed E-state index contributed by atoms with van der Waals surface area (Å²) in [5.74, 6) is 0.943. The van der Waals surface area contributed by atoms with Crippen LogP contribution in [0.1, 0.15) is 29.0 Å². The topological polar surface area (TPSA) is 24.1 Å². The molecular formula is C13H22N2S. The Morgan fingerprint density at radius 1 is 1.38 bits per heavy atom. The molecule has 0 radical (unpaired) electrons. The zero-order valence-corrected chi connectivity index (χ0v) is 10.9. The van der Waals surface area contributed by atoms with Gasteiger partial charge in [-0.1, -0.05) is 0 Å². The number of hydrogen-bond acceptors (Lipinski definition) is 3. The lowest BCUT2D eigenvalue weighted by Gasteiger charge is -2.22. The fourth-order valence-corrected chi connectivity index (χ4v) is 3.13. The van der Waals surface area contributed by atoms with Crippen LogP contribution in [0.25, 0.3) is 0 Å². The second-order valence-electron chi connectivity index (χ2n) is 4.67. The van der Waals surface area contributed by atoms with E-state index < -0.39 is 0 Å². The van der Waals surface area contributed by atoms with Crippen molar-refractivity contribution < 1.29 is 0 Å². The van der Waals surface area contributed by atoms with Gasteiger partial charge in [-0.05, 0) is 63.9 Å². The minimum Gasteiger partial charge on any atom is -0.317 e. The van der Waals surface area contributed by atoms with Gasteiger partial charge in [-0.2, -0.15) is 0 Å². The van der Waals surface area contributed by atoms with E-state index in [-0.39, 0.29) is 0 Å². The summed E-state index contributed by atoms with van der Waals surface area (Å²) < 4.78 is 0. The lowest BCUT2D eigenvalue weighted by molar-refractivity contribution is 0.348. The van der Waals surface area contributed by atoms with Crippen LogP contribution < -0.4 is 10.6 Å². The predicted molar refractivity (Wildman–Crippen MR) is 71.0 cm³/mol. The van der Waals surface area contributed by atoms with E-state index in [4.69, 9.17) is 0 Å². The van der Waals surface area contributed by atoms with Gasteiger partial charge in [0.25, 0.3) is 0 Å². The van der Waals surface area contributed by atoms with E-state index in [2.05, 4.69) is 29.7 Å². The lowest BCUT2D eigenvalue weighted by Crippen LogP contribution is -2.29. The third-order valence-corrected chi connectivity index (χ3v) is 4.28. The highest BCUT2D eigenvalue weighted by atomic mass is 32.1. The van der Waals surface area contributed by atoms with Crippen LogP contribution in [0.3, 0.4) is 0 Å². The smallest absolute Gasteiger partial charge is 0.0299 e. The molecule has 2 heterocycles. The Morgan fingerprint density at radius 3 is 2.88 bits per heavy atom. The molecule has 2 nitrogen and oxygen atoms in total. The average Bonchev–Trinajstić information content (AvgIpc) is 2.72. The van der Waals surface area contributed by atoms with Gasteiger partial charge in [-0.15, -0.1) is 11.3 Å². The van der Waals surface area contributed by atoms with E-state index in [1.165, 1.54) is 48.7 Å². The quantitative estimate of drug-likeness (QED) is 0.770. The fraction of sp³-hybridized carbons (Fsp3) is 0.692. The van der Waals surface area contributed by atoms with Crippen molar-refractivity contribution in [3.8, 4) is 0 Å². The summed E-state index contributed by atoms with van der Waals surface area (Å²) in [6.45, 7) is 6.82. The summed E-state index contributed by atoms with van der Waals surface area (Å²) in [5, 5.41) is 6.97. The normalized spacial score (nSPS) is 17.8. The van der Waals surface area contributed by atoms with Crippen molar-refractivity contribution in [3.63, 3.8) is 0 Å². The van der Waals surface area contributed by atoms with Crippen LogP contribution in [0.2, 0.25) is 0 Å². The molecule has 1 aromatic heterocycles. The van der Waals surface area contributed by atoms with Gasteiger partial charge in [-0.3, -0.25) is 0 Å². The maximum Gasteiger partial charge on any atom is 0.0299 e. The Bertz CT molecular complexity index is 303. The van der Waals surface area contributed by atoms with Crippen molar-refractivity contribution in [1.82, 2.24) is 10.6 Å². The molecule has 0 unspecified atom stereocenters. The van der Waals surface area contributed by atoms with Crippen molar-refractivity contribution in [2.24, 2.45) is 5.92 Å². The van der Waals surface area contributed by atoms with Crippen LogP contribution in [-0.2, 0) is 6.54 Å².